The fraction of sp³-hybridized carbons (Fsp3) is 0.417. The number of carbonyl (C=O) groups is 1. The third-order valence-electron chi connectivity index (χ3n) is 2.47. The van der Waals surface area contributed by atoms with Crippen LogP contribution in [0.2, 0.25) is 0 Å². The number of nitrogens with one attached hydrogen (secondary N) is 1. The van der Waals surface area contributed by atoms with E-state index in [4.69, 9.17) is 0 Å². The molecule has 0 unspecified atom stereocenters. The smallest absolute Gasteiger partial charge is 0.220 e. The van der Waals surface area contributed by atoms with Gasteiger partial charge in [0.2, 0.25) is 5.91 Å². The van der Waals surface area contributed by atoms with Crippen molar-refractivity contribution in [2.24, 2.45) is 0 Å². The van der Waals surface area contributed by atoms with E-state index in [-0.39, 0.29) is 11.7 Å². The maximum atomic E-state index is 12.8. The summed E-state index contributed by atoms with van der Waals surface area (Å²) in [6, 6.07) is 6.81. The Hall–Kier alpha value is -1.38. The van der Waals surface area contributed by atoms with Gasteiger partial charge in [-0.3, -0.25) is 4.79 Å². The molecule has 1 aliphatic carbocycles. The summed E-state index contributed by atoms with van der Waals surface area (Å²) in [6.07, 6.45) is 3.26. The van der Waals surface area contributed by atoms with Gasteiger partial charge in [-0.1, -0.05) is 12.1 Å². The molecule has 0 spiro atoms. The van der Waals surface area contributed by atoms with Crippen molar-refractivity contribution in [2.45, 2.75) is 31.7 Å². The lowest BCUT2D eigenvalue weighted by atomic mass is 10.1. The van der Waals surface area contributed by atoms with E-state index in [1.165, 1.54) is 12.1 Å². The largest absolute Gasteiger partial charge is 0.353 e. The maximum absolute atomic E-state index is 12.8. The van der Waals surface area contributed by atoms with Crippen LogP contribution in [0.25, 0.3) is 0 Å². The molecule has 80 valence electrons. The molecular formula is C12H14FNO. The molecule has 0 bridgehead atoms. The van der Waals surface area contributed by atoms with Crippen molar-refractivity contribution >= 4 is 5.91 Å². The van der Waals surface area contributed by atoms with E-state index < -0.39 is 0 Å². The van der Waals surface area contributed by atoms with E-state index >= 15 is 0 Å². The molecule has 1 amide bonds. The fourth-order valence-corrected chi connectivity index (χ4v) is 1.48. The Bertz CT molecular complexity index is 360. The minimum Gasteiger partial charge on any atom is -0.353 e. The molecule has 1 aliphatic rings. The van der Waals surface area contributed by atoms with E-state index in [2.05, 4.69) is 5.32 Å². The molecule has 1 fully saturated rings. The van der Waals surface area contributed by atoms with E-state index in [0.717, 1.165) is 18.4 Å². The third kappa shape index (κ3) is 3.35. The van der Waals surface area contributed by atoms with Gasteiger partial charge in [0.05, 0.1) is 0 Å². The summed E-state index contributed by atoms with van der Waals surface area (Å²) in [6.45, 7) is 0. The van der Waals surface area contributed by atoms with E-state index in [0.29, 0.717) is 18.9 Å². The number of halogens is 1. The lowest BCUT2D eigenvalue weighted by Gasteiger charge is -2.03. The molecule has 1 aromatic rings. The van der Waals surface area contributed by atoms with Gasteiger partial charge in [0.1, 0.15) is 5.82 Å². The predicted octanol–water partition coefficient (Wildman–Crippen LogP) is 2.04. The molecule has 2 nitrogen and oxygen atoms in total. The first-order valence-corrected chi connectivity index (χ1v) is 5.28. The normalized spacial score (nSPS) is 15.0. The van der Waals surface area contributed by atoms with Crippen LogP contribution in [-0.4, -0.2) is 11.9 Å². The molecule has 0 radical (unpaired) electrons. The Labute approximate surface area is 88.5 Å². The molecule has 1 N–H and O–H groups in total. The summed E-state index contributed by atoms with van der Waals surface area (Å²) >= 11 is 0. The average Bonchev–Trinajstić information content (AvgIpc) is 2.99. The van der Waals surface area contributed by atoms with E-state index in [9.17, 15) is 9.18 Å². The lowest BCUT2D eigenvalue weighted by molar-refractivity contribution is -0.121. The van der Waals surface area contributed by atoms with E-state index in [1.54, 1.807) is 6.07 Å². The van der Waals surface area contributed by atoms with Crippen LogP contribution in [0.15, 0.2) is 24.3 Å². The van der Waals surface area contributed by atoms with Crippen LogP contribution in [0, 0.1) is 5.82 Å². The number of benzene rings is 1. The highest BCUT2D eigenvalue weighted by Crippen LogP contribution is 2.18. The van der Waals surface area contributed by atoms with Gasteiger partial charge < -0.3 is 5.32 Å². The SMILES string of the molecule is O=C(CCc1cccc(F)c1)NC1CC1. The first-order chi connectivity index (χ1) is 7.24. The number of rotatable bonds is 4. The molecule has 0 saturated heterocycles. The van der Waals surface area contributed by atoms with Crippen molar-refractivity contribution in [1.29, 1.82) is 0 Å². The fourth-order valence-electron chi connectivity index (χ4n) is 1.48. The van der Waals surface area contributed by atoms with Gasteiger partial charge in [0, 0.05) is 12.5 Å². The second-order valence-electron chi connectivity index (χ2n) is 3.97. The van der Waals surface area contributed by atoms with Crippen molar-refractivity contribution in [3.8, 4) is 0 Å². The monoisotopic (exact) mass is 207 g/mol. The number of hydrogen-bond donors (Lipinski definition) is 1. The topological polar surface area (TPSA) is 29.1 Å². The Morgan fingerprint density at radius 2 is 2.27 bits per heavy atom. The molecule has 0 atom stereocenters. The molecule has 0 aliphatic heterocycles. The zero-order valence-electron chi connectivity index (χ0n) is 8.50. The minimum absolute atomic E-state index is 0.0711. The van der Waals surface area contributed by atoms with Crippen molar-refractivity contribution in [1.82, 2.24) is 5.32 Å². The molecule has 3 heteroatoms. The summed E-state index contributed by atoms with van der Waals surface area (Å²) < 4.78 is 12.8. The van der Waals surface area contributed by atoms with Gasteiger partial charge >= 0.3 is 0 Å². The Balaban J connectivity index is 1.78. The number of aryl methyl sites for hydroxylation is 1. The average molecular weight is 207 g/mol. The molecule has 1 saturated carbocycles. The molecule has 15 heavy (non-hydrogen) atoms. The first kappa shape index (κ1) is 10.1. The highest BCUT2D eigenvalue weighted by Gasteiger charge is 2.22. The summed E-state index contributed by atoms with van der Waals surface area (Å²) in [5, 5.41) is 2.91. The molecule has 0 heterocycles. The van der Waals surface area contributed by atoms with Crippen molar-refractivity contribution in [3.63, 3.8) is 0 Å². The van der Waals surface area contributed by atoms with Crippen LogP contribution >= 0.6 is 0 Å². The van der Waals surface area contributed by atoms with Gasteiger partial charge in [0.15, 0.2) is 0 Å². The molecule has 2 rings (SSSR count). The number of hydrogen-bond acceptors (Lipinski definition) is 1. The van der Waals surface area contributed by atoms with Crippen LogP contribution in [0.5, 0.6) is 0 Å². The van der Waals surface area contributed by atoms with Gasteiger partial charge in [-0.25, -0.2) is 4.39 Å². The molecule has 1 aromatic carbocycles. The molecule has 0 aromatic heterocycles. The zero-order valence-corrected chi connectivity index (χ0v) is 8.50. The highest BCUT2D eigenvalue weighted by molar-refractivity contribution is 5.76. The minimum atomic E-state index is -0.241. The Kier molecular flexibility index (Phi) is 2.99. The Morgan fingerprint density at radius 3 is 2.93 bits per heavy atom. The second kappa shape index (κ2) is 4.43. The predicted molar refractivity (Wildman–Crippen MR) is 55.9 cm³/mol. The Morgan fingerprint density at radius 1 is 1.47 bits per heavy atom. The molecular weight excluding hydrogens is 193 g/mol. The lowest BCUT2D eigenvalue weighted by Crippen LogP contribution is -2.25. The van der Waals surface area contributed by atoms with Crippen molar-refractivity contribution in [2.75, 3.05) is 0 Å². The maximum Gasteiger partial charge on any atom is 0.220 e. The summed E-state index contributed by atoms with van der Waals surface area (Å²) in [5.41, 5.74) is 0.876. The van der Waals surface area contributed by atoms with Crippen molar-refractivity contribution < 1.29 is 9.18 Å². The summed E-state index contributed by atoms with van der Waals surface area (Å²) in [5.74, 6) is -0.170. The second-order valence-corrected chi connectivity index (χ2v) is 3.97. The highest BCUT2D eigenvalue weighted by atomic mass is 19.1. The number of carbonyl (C=O) groups excluding carboxylic acids is 1. The van der Waals surface area contributed by atoms with E-state index in [1.807, 2.05) is 6.07 Å². The zero-order chi connectivity index (χ0) is 10.7. The standard InChI is InChI=1S/C12H14FNO/c13-10-3-1-2-9(8-10)4-7-12(15)14-11-5-6-11/h1-3,8,11H,4-7H2,(H,14,15). The van der Waals surface area contributed by atoms with Crippen LogP contribution in [0.1, 0.15) is 24.8 Å². The van der Waals surface area contributed by atoms with Crippen LogP contribution in [0.4, 0.5) is 4.39 Å². The quantitative estimate of drug-likeness (QED) is 0.804. The van der Waals surface area contributed by atoms with Crippen LogP contribution in [-0.2, 0) is 11.2 Å². The van der Waals surface area contributed by atoms with Gasteiger partial charge in [-0.15, -0.1) is 0 Å². The van der Waals surface area contributed by atoms with Crippen LogP contribution in [0.3, 0.4) is 0 Å². The van der Waals surface area contributed by atoms with Crippen molar-refractivity contribution in [3.05, 3.63) is 35.6 Å². The van der Waals surface area contributed by atoms with Gasteiger partial charge in [0.25, 0.3) is 0 Å². The van der Waals surface area contributed by atoms with Gasteiger partial charge in [-0.2, -0.15) is 0 Å². The third-order valence-corrected chi connectivity index (χ3v) is 2.47. The number of amides is 1. The summed E-state index contributed by atoms with van der Waals surface area (Å²) in [7, 11) is 0. The van der Waals surface area contributed by atoms with Crippen LogP contribution < -0.4 is 5.32 Å². The van der Waals surface area contributed by atoms with Gasteiger partial charge in [-0.05, 0) is 37.0 Å². The first-order valence-electron chi connectivity index (χ1n) is 5.28. The summed E-state index contributed by atoms with van der Waals surface area (Å²) in [4.78, 5) is 11.3.